The fourth-order valence-electron chi connectivity index (χ4n) is 3.26. The van der Waals surface area contributed by atoms with Crippen molar-refractivity contribution in [2.45, 2.75) is 44.7 Å². The summed E-state index contributed by atoms with van der Waals surface area (Å²) in [6, 6.07) is -0.613. The van der Waals surface area contributed by atoms with Crippen LogP contribution in [-0.4, -0.2) is 53.1 Å². The molecular formula is C15H19N5O7. The van der Waals surface area contributed by atoms with Crippen LogP contribution in [0.4, 0.5) is 5.82 Å². The summed E-state index contributed by atoms with van der Waals surface area (Å²) in [4.78, 5) is 40.1. The molecule has 2 aromatic rings. The Labute approximate surface area is 151 Å². The molecule has 0 radical (unpaired) electrons. The number of aliphatic hydroxyl groups is 2. The van der Waals surface area contributed by atoms with E-state index in [1.807, 2.05) is 0 Å². The highest BCUT2D eigenvalue weighted by Crippen LogP contribution is 2.39. The van der Waals surface area contributed by atoms with Gasteiger partial charge in [-0.2, -0.15) is 0 Å². The Bertz CT molecular complexity index is 978. The van der Waals surface area contributed by atoms with Crippen LogP contribution in [0.15, 0.2) is 22.0 Å². The summed E-state index contributed by atoms with van der Waals surface area (Å²) in [6.07, 6.45) is -0.317. The van der Waals surface area contributed by atoms with Crippen LogP contribution in [0.2, 0.25) is 0 Å². The van der Waals surface area contributed by atoms with Crippen molar-refractivity contribution in [1.29, 1.82) is 0 Å². The number of rotatable bonds is 5. The smallest absolute Gasteiger partial charge is 0.381 e. The number of imidazole rings is 1. The van der Waals surface area contributed by atoms with Crippen molar-refractivity contribution < 1.29 is 19.9 Å². The number of hydrogen-bond donors (Lipinski definition) is 3. The van der Waals surface area contributed by atoms with Crippen molar-refractivity contribution in [2.24, 2.45) is 0 Å². The van der Waals surface area contributed by atoms with Crippen molar-refractivity contribution in [3.63, 3.8) is 0 Å². The number of ether oxygens (including phenoxy) is 1. The molecule has 1 aliphatic heterocycles. The minimum Gasteiger partial charge on any atom is -0.394 e. The summed E-state index contributed by atoms with van der Waals surface area (Å²) >= 11 is 0. The molecule has 3 N–H and O–H groups in total. The van der Waals surface area contributed by atoms with E-state index >= 15 is 0 Å². The molecule has 12 heteroatoms. The van der Waals surface area contributed by atoms with Gasteiger partial charge in [-0.25, -0.2) is 4.79 Å². The number of aromatic amines is 1. The van der Waals surface area contributed by atoms with Crippen LogP contribution in [0.5, 0.6) is 0 Å². The summed E-state index contributed by atoms with van der Waals surface area (Å²) in [5.74, 6) is -0.0265. The Hall–Kier alpha value is -2.83. The van der Waals surface area contributed by atoms with Gasteiger partial charge in [-0.1, -0.05) is 0 Å². The fraction of sp³-hybridized carbons (Fsp3) is 0.533. The van der Waals surface area contributed by atoms with Crippen LogP contribution in [0.3, 0.4) is 0 Å². The minimum absolute atomic E-state index is 0.168. The molecule has 0 aliphatic carbocycles. The van der Waals surface area contributed by atoms with E-state index in [-0.39, 0.29) is 12.2 Å². The van der Waals surface area contributed by atoms with E-state index in [1.165, 1.54) is 28.5 Å². The summed E-state index contributed by atoms with van der Waals surface area (Å²) in [5.41, 5.74) is -0.893. The third-order valence-electron chi connectivity index (χ3n) is 4.61. The number of H-pyrrole nitrogens is 1. The molecule has 0 amide bonds. The van der Waals surface area contributed by atoms with Crippen molar-refractivity contribution in [2.75, 3.05) is 6.61 Å². The molecular weight excluding hydrogens is 362 g/mol. The average Bonchev–Trinajstić information content (AvgIpc) is 3.21. The zero-order valence-electron chi connectivity index (χ0n) is 14.6. The molecule has 146 valence electrons. The Balaban J connectivity index is 2.01. The number of aliphatic hydroxyl groups excluding tert-OH is 2. The van der Waals surface area contributed by atoms with Gasteiger partial charge in [0.2, 0.25) is 5.82 Å². The second kappa shape index (κ2) is 7.06. The van der Waals surface area contributed by atoms with Gasteiger partial charge in [-0.3, -0.25) is 14.3 Å². The maximum absolute atomic E-state index is 12.1. The number of nitro groups is 1. The predicted octanol–water partition coefficient (Wildman–Crippen LogP) is -0.860. The van der Waals surface area contributed by atoms with E-state index in [2.05, 4.69) is 9.97 Å². The summed E-state index contributed by atoms with van der Waals surface area (Å²) < 4.78 is 8.46. The van der Waals surface area contributed by atoms with E-state index in [0.717, 1.165) is 0 Å². The lowest BCUT2D eigenvalue weighted by molar-refractivity contribution is -0.389. The van der Waals surface area contributed by atoms with Crippen molar-refractivity contribution >= 4 is 5.82 Å². The van der Waals surface area contributed by atoms with Gasteiger partial charge in [-0.15, -0.1) is 0 Å². The summed E-state index contributed by atoms with van der Waals surface area (Å²) in [7, 11) is 0. The molecule has 2 aromatic heterocycles. The topological polar surface area (TPSA) is 166 Å². The largest absolute Gasteiger partial charge is 0.394 e. The van der Waals surface area contributed by atoms with Gasteiger partial charge in [0.15, 0.2) is 0 Å². The van der Waals surface area contributed by atoms with Crippen LogP contribution >= 0.6 is 0 Å². The average molecular weight is 381 g/mol. The molecule has 1 saturated heterocycles. The van der Waals surface area contributed by atoms with E-state index < -0.39 is 47.3 Å². The van der Waals surface area contributed by atoms with Crippen molar-refractivity contribution in [1.82, 2.24) is 19.1 Å². The molecule has 3 rings (SSSR count). The highest BCUT2D eigenvalue weighted by molar-refractivity contribution is 5.18. The second-order valence-corrected chi connectivity index (χ2v) is 6.40. The molecule has 27 heavy (non-hydrogen) atoms. The first-order chi connectivity index (χ1) is 12.7. The van der Waals surface area contributed by atoms with E-state index in [9.17, 15) is 29.9 Å². The van der Waals surface area contributed by atoms with E-state index in [0.29, 0.717) is 11.4 Å². The fourth-order valence-corrected chi connectivity index (χ4v) is 3.26. The number of nitrogens with zero attached hydrogens (tertiary/aromatic N) is 4. The first-order valence-electron chi connectivity index (χ1n) is 8.19. The van der Waals surface area contributed by atoms with E-state index in [4.69, 9.17) is 4.74 Å². The maximum Gasteiger partial charge on any atom is 0.381 e. The molecule has 12 nitrogen and oxygen atoms in total. The van der Waals surface area contributed by atoms with Crippen molar-refractivity contribution in [3.05, 3.63) is 54.7 Å². The third kappa shape index (κ3) is 3.41. The second-order valence-electron chi connectivity index (χ2n) is 6.40. The van der Waals surface area contributed by atoms with Crippen LogP contribution in [-0.2, 0) is 4.74 Å². The number of aryl methyl sites for hydroxylation is 2. The first-order valence-corrected chi connectivity index (χ1v) is 8.19. The quantitative estimate of drug-likeness (QED) is 0.444. The first kappa shape index (κ1) is 18.9. The molecule has 0 unspecified atom stereocenters. The van der Waals surface area contributed by atoms with Gasteiger partial charge in [0, 0.05) is 25.1 Å². The number of nitrogens with one attached hydrogen (secondary N) is 1. The Morgan fingerprint density at radius 1 is 1.41 bits per heavy atom. The van der Waals surface area contributed by atoms with E-state index in [1.54, 1.807) is 6.92 Å². The molecule has 1 fully saturated rings. The molecule has 0 bridgehead atoms. The molecule has 0 saturated carbocycles. The highest BCUT2D eigenvalue weighted by atomic mass is 16.6. The molecule has 3 heterocycles. The zero-order valence-corrected chi connectivity index (χ0v) is 14.6. The van der Waals surface area contributed by atoms with Gasteiger partial charge in [0.1, 0.15) is 24.6 Å². The minimum atomic E-state index is -1.28. The van der Waals surface area contributed by atoms with Crippen LogP contribution in [0.25, 0.3) is 0 Å². The summed E-state index contributed by atoms with van der Waals surface area (Å²) in [5, 5.41) is 30.5. The van der Waals surface area contributed by atoms with Gasteiger partial charge in [0.05, 0.1) is 12.6 Å². The molecule has 1 aliphatic rings. The van der Waals surface area contributed by atoms with Crippen LogP contribution in [0.1, 0.15) is 30.1 Å². The lowest BCUT2D eigenvalue weighted by Gasteiger charge is -2.23. The number of aromatic nitrogens is 4. The molecule has 0 spiro atoms. The third-order valence-corrected chi connectivity index (χ3v) is 4.61. The SMILES string of the molecule is Cc1cn([C@@H]2C[C@H](n3cc([N+](=O)[O-])nc3C)[C@@H]([C@H](O)CO)O2)c(=O)[nH]c1=O. The normalized spacial score (nSPS) is 23.5. The standard InChI is InChI=1S/C15H19N5O7/c1-7-4-19(15(24)17-14(7)23)12-3-9(13(27-12)10(22)6-21)18-5-11(20(25)26)16-8(18)2/h4-5,9-10,12-13,21-22H,3,6H2,1-2H3,(H,17,23,24)/t9-,10+,12-,13-/m0/s1. The highest BCUT2D eigenvalue weighted by Gasteiger charge is 2.43. The lowest BCUT2D eigenvalue weighted by atomic mass is 10.0. The zero-order chi connectivity index (χ0) is 19.9. The lowest BCUT2D eigenvalue weighted by Crippen LogP contribution is -2.36. The monoisotopic (exact) mass is 381 g/mol. The van der Waals surface area contributed by atoms with Gasteiger partial charge in [-0.05, 0) is 16.8 Å². The van der Waals surface area contributed by atoms with Gasteiger partial charge < -0.3 is 29.6 Å². The van der Waals surface area contributed by atoms with Gasteiger partial charge >= 0.3 is 11.5 Å². The summed E-state index contributed by atoms with van der Waals surface area (Å²) in [6.45, 7) is 2.51. The Kier molecular flexibility index (Phi) is 4.95. The Morgan fingerprint density at radius 3 is 2.70 bits per heavy atom. The molecule has 0 aromatic carbocycles. The van der Waals surface area contributed by atoms with Crippen LogP contribution in [0, 0.1) is 24.0 Å². The van der Waals surface area contributed by atoms with Crippen LogP contribution < -0.4 is 11.2 Å². The van der Waals surface area contributed by atoms with Crippen molar-refractivity contribution in [3.8, 4) is 0 Å². The Morgan fingerprint density at radius 2 is 2.11 bits per heavy atom. The maximum atomic E-state index is 12.1. The molecule has 4 atom stereocenters. The number of hydrogen-bond acceptors (Lipinski definition) is 8. The van der Waals surface area contributed by atoms with Gasteiger partial charge in [0.25, 0.3) is 5.56 Å². The predicted molar refractivity (Wildman–Crippen MR) is 90.3 cm³/mol.